The zero-order valence-corrected chi connectivity index (χ0v) is 15.3. The molecule has 1 atom stereocenters. The van der Waals surface area contributed by atoms with Crippen LogP contribution >= 0.6 is 0 Å². The first-order valence-corrected chi connectivity index (χ1v) is 9.91. The highest BCUT2D eigenvalue weighted by Crippen LogP contribution is 2.29. The summed E-state index contributed by atoms with van der Waals surface area (Å²) >= 11 is 0. The second-order valence-electron chi connectivity index (χ2n) is 7.59. The maximum Gasteiger partial charge on any atom is 0.227 e. The number of hydrogen-bond acceptors (Lipinski definition) is 5. The minimum Gasteiger partial charge on any atom is -0.377 e. The lowest BCUT2D eigenvalue weighted by molar-refractivity contribution is -0.139. The Hall–Kier alpha value is -1.95. The fraction of sp³-hybridized carbons (Fsp3) is 0.650. The molecule has 0 unspecified atom stereocenters. The Morgan fingerprint density at radius 2 is 2.27 bits per heavy atom. The number of carbonyl (C=O) groups excluding carboxylic acids is 1. The van der Waals surface area contributed by atoms with Crippen molar-refractivity contribution in [1.82, 2.24) is 14.9 Å². The predicted molar refractivity (Wildman–Crippen MR) is 99.7 cm³/mol. The highest BCUT2D eigenvalue weighted by Gasteiger charge is 2.31. The van der Waals surface area contributed by atoms with Crippen LogP contribution in [0, 0.1) is 5.92 Å². The Bertz CT molecular complexity index is 672. The molecule has 0 radical (unpaired) electrons. The molecule has 4 rings (SSSR count). The number of nitrogens with zero attached hydrogens (tertiary/aromatic N) is 3. The van der Waals surface area contributed by atoms with E-state index in [0.29, 0.717) is 32.0 Å². The highest BCUT2D eigenvalue weighted by molar-refractivity contribution is 5.79. The van der Waals surface area contributed by atoms with Crippen molar-refractivity contribution in [3.8, 4) is 0 Å². The third-order valence-electron chi connectivity index (χ3n) is 5.45. The highest BCUT2D eigenvalue weighted by atomic mass is 16.5. The van der Waals surface area contributed by atoms with Crippen LogP contribution in [0.2, 0.25) is 0 Å². The lowest BCUT2D eigenvalue weighted by atomic mass is 9.96. The summed E-state index contributed by atoms with van der Waals surface area (Å²) in [7, 11) is 0. The number of rotatable bonds is 6. The van der Waals surface area contributed by atoms with Gasteiger partial charge in [-0.25, -0.2) is 9.97 Å². The van der Waals surface area contributed by atoms with E-state index < -0.39 is 0 Å². The van der Waals surface area contributed by atoms with Gasteiger partial charge in [-0.2, -0.15) is 0 Å². The Balaban J connectivity index is 1.45. The van der Waals surface area contributed by atoms with Gasteiger partial charge in [0, 0.05) is 25.7 Å². The minimum atomic E-state index is -0.192. The van der Waals surface area contributed by atoms with Crippen molar-refractivity contribution in [3.63, 3.8) is 0 Å². The van der Waals surface area contributed by atoms with E-state index in [1.54, 1.807) is 6.20 Å². The molecule has 1 aromatic rings. The van der Waals surface area contributed by atoms with Crippen molar-refractivity contribution in [2.24, 2.45) is 5.92 Å². The Morgan fingerprint density at radius 1 is 1.35 bits per heavy atom. The van der Waals surface area contributed by atoms with Gasteiger partial charge in [-0.15, -0.1) is 0 Å². The fourth-order valence-electron chi connectivity index (χ4n) is 3.68. The minimum absolute atomic E-state index is 0.173. The van der Waals surface area contributed by atoms with Crippen molar-refractivity contribution in [1.29, 1.82) is 0 Å². The Kier molecular flexibility index (Phi) is 5.48. The number of anilines is 1. The molecule has 2 aliphatic carbocycles. The monoisotopic (exact) mass is 356 g/mol. The van der Waals surface area contributed by atoms with Gasteiger partial charge < -0.3 is 15.0 Å². The summed E-state index contributed by atoms with van der Waals surface area (Å²) in [6.45, 7) is 2.63. The summed E-state index contributed by atoms with van der Waals surface area (Å²) in [6.07, 6.45) is 11.8. The van der Waals surface area contributed by atoms with E-state index in [1.807, 2.05) is 11.0 Å². The third kappa shape index (κ3) is 4.41. The number of aromatic nitrogens is 2. The molecule has 0 bridgehead atoms. The maximum atomic E-state index is 12.9. The first-order valence-electron chi connectivity index (χ1n) is 9.91. The van der Waals surface area contributed by atoms with Gasteiger partial charge in [0.1, 0.15) is 11.9 Å². The van der Waals surface area contributed by atoms with E-state index >= 15 is 0 Å². The zero-order chi connectivity index (χ0) is 17.8. The average Bonchev–Trinajstić information content (AvgIpc) is 3.52. The van der Waals surface area contributed by atoms with Crippen LogP contribution in [0.5, 0.6) is 0 Å². The maximum absolute atomic E-state index is 12.9. The van der Waals surface area contributed by atoms with Gasteiger partial charge in [0.2, 0.25) is 5.91 Å². The number of nitrogens with one attached hydrogen (secondary N) is 1. The van der Waals surface area contributed by atoms with E-state index in [-0.39, 0.29) is 11.9 Å². The van der Waals surface area contributed by atoms with Crippen LogP contribution in [0.3, 0.4) is 0 Å². The van der Waals surface area contributed by atoms with E-state index in [1.165, 1.54) is 31.3 Å². The molecule has 1 saturated heterocycles. The second-order valence-corrected chi connectivity index (χ2v) is 7.59. The molecule has 2 fully saturated rings. The second kappa shape index (κ2) is 8.16. The molecule has 140 valence electrons. The molecular weight excluding hydrogens is 328 g/mol. The summed E-state index contributed by atoms with van der Waals surface area (Å²) in [6, 6.07) is 1.71. The fourth-order valence-corrected chi connectivity index (χ4v) is 3.68. The van der Waals surface area contributed by atoms with Crippen molar-refractivity contribution in [2.45, 2.75) is 51.0 Å². The SMILES string of the molecule is O=C(CC1=CCCCC1)N1CCOC[C@H]1c1nccc(NCC2CC2)n1. The summed E-state index contributed by atoms with van der Waals surface area (Å²) in [5.74, 6) is 2.48. The number of morpholine rings is 1. The Morgan fingerprint density at radius 3 is 3.08 bits per heavy atom. The normalized spacial score (nSPS) is 23.5. The topological polar surface area (TPSA) is 67.4 Å². The first-order chi connectivity index (χ1) is 12.8. The van der Waals surface area contributed by atoms with Crippen molar-refractivity contribution < 1.29 is 9.53 Å². The van der Waals surface area contributed by atoms with E-state index in [2.05, 4.69) is 21.4 Å². The summed E-state index contributed by atoms with van der Waals surface area (Å²) in [5.41, 5.74) is 1.28. The molecule has 6 nitrogen and oxygen atoms in total. The van der Waals surface area contributed by atoms with Crippen molar-refractivity contribution in [2.75, 3.05) is 31.6 Å². The molecule has 6 heteroatoms. The molecule has 1 aromatic heterocycles. The smallest absolute Gasteiger partial charge is 0.227 e. The summed E-state index contributed by atoms with van der Waals surface area (Å²) < 4.78 is 5.65. The van der Waals surface area contributed by atoms with Gasteiger partial charge in [-0.05, 0) is 50.5 Å². The molecule has 0 spiro atoms. The molecule has 2 heterocycles. The standard InChI is InChI=1S/C20H28N4O2/c25-19(12-15-4-2-1-3-5-15)24-10-11-26-14-17(24)20-21-9-8-18(23-20)22-13-16-6-7-16/h4,8-9,16-17H,1-3,5-7,10-14H2,(H,21,22,23)/t17-/m0/s1. The largest absolute Gasteiger partial charge is 0.377 e. The number of carbonyl (C=O) groups is 1. The average molecular weight is 356 g/mol. The number of ether oxygens (including phenoxy) is 1. The van der Waals surface area contributed by atoms with Crippen LogP contribution in [0.1, 0.15) is 56.8 Å². The first kappa shape index (κ1) is 17.5. The van der Waals surface area contributed by atoms with Crippen LogP contribution in [-0.4, -0.2) is 47.1 Å². The summed E-state index contributed by atoms with van der Waals surface area (Å²) in [4.78, 5) is 23.9. The molecule has 26 heavy (non-hydrogen) atoms. The van der Waals surface area contributed by atoms with E-state index in [9.17, 15) is 4.79 Å². The molecular formula is C20H28N4O2. The Labute approximate surface area is 155 Å². The van der Waals surface area contributed by atoms with Crippen LogP contribution in [0.25, 0.3) is 0 Å². The molecule has 1 aliphatic heterocycles. The lowest BCUT2D eigenvalue weighted by Gasteiger charge is -2.35. The number of allylic oxidation sites excluding steroid dienone is 1. The molecule has 0 aromatic carbocycles. The van der Waals surface area contributed by atoms with Crippen LogP contribution in [-0.2, 0) is 9.53 Å². The van der Waals surface area contributed by atoms with Crippen LogP contribution in [0.15, 0.2) is 23.9 Å². The van der Waals surface area contributed by atoms with Gasteiger partial charge >= 0.3 is 0 Å². The van der Waals surface area contributed by atoms with E-state index in [4.69, 9.17) is 4.74 Å². The van der Waals surface area contributed by atoms with Gasteiger partial charge in [0.25, 0.3) is 0 Å². The number of amides is 1. The van der Waals surface area contributed by atoms with Crippen molar-refractivity contribution in [3.05, 3.63) is 29.7 Å². The molecule has 3 aliphatic rings. The van der Waals surface area contributed by atoms with Gasteiger partial charge in [0.15, 0.2) is 5.82 Å². The van der Waals surface area contributed by atoms with Crippen molar-refractivity contribution >= 4 is 11.7 Å². The van der Waals surface area contributed by atoms with Crippen LogP contribution in [0.4, 0.5) is 5.82 Å². The van der Waals surface area contributed by atoms with Gasteiger partial charge in [-0.1, -0.05) is 11.6 Å². The lowest BCUT2D eigenvalue weighted by Crippen LogP contribution is -2.44. The predicted octanol–water partition coefficient (Wildman–Crippen LogP) is 3.09. The van der Waals surface area contributed by atoms with Gasteiger partial charge in [-0.3, -0.25) is 4.79 Å². The summed E-state index contributed by atoms with van der Waals surface area (Å²) in [5, 5.41) is 3.39. The van der Waals surface area contributed by atoms with Gasteiger partial charge in [0.05, 0.1) is 13.2 Å². The molecule has 1 N–H and O–H groups in total. The van der Waals surface area contributed by atoms with E-state index in [0.717, 1.165) is 31.1 Å². The van der Waals surface area contributed by atoms with Crippen LogP contribution < -0.4 is 5.32 Å². The molecule has 1 saturated carbocycles. The number of hydrogen-bond donors (Lipinski definition) is 1. The quantitative estimate of drug-likeness (QED) is 0.794. The zero-order valence-electron chi connectivity index (χ0n) is 15.3. The third-order valence-corrected chi connectivity index (χ3v) is 5.45. The molecule has 1 amide bonds.